The predicted octanol–water partition coefficient (Wildman–Crippen LogP) is 2.81. The van der Waals surface area contributed by atoms with Crippen molar-refractivity contribution in [1.82, 2.24) is 15.5 Å². The number of halogens is 2. The lowest BCUT2D eigenvalue weighted by atomic mass is 10.2. The maximum absolute atomic E-state index is 6.07. The Labute approximate surface area is 109 Å². The monoisotopic (exact) mass is 271 g/mol. The van der Waals surface area contributed by atoms with Crippen LogP contribution in [0.2, 0.25) is 10.0 Å². The van der Waals surface area contributed by atoms with Gasteiger partial charge < -0.3 is 9.73 Å². The fraction of sp³-hybridized carbons (Fsp3) is 0.273. The van der Waals surface area contributed by atoms with Crippen LogP contribution in [0.25, 0.3) is 11.5 Å². The number of aromatic nitrogens is 2. The van der Waals surface area contributed by atoms with Crippen molar-refractivity contribution in [1.29, 1.82) is 0 Å². The lowest BCUT2D eigenvalue weighted by Gasteiger charge is -2.00. The Hall–Kier alpha value is -1.10. The van der Waals surface area contributed by atoms with Crippen LogP contribution in [-0.2, 0) is 6.42 Å². The molecule has 0 unspecified atom stereocenters. The molecule has 0 aliphatic heterocycles. The third-order valence-electron chi connectivity index (χ3n) is 2.24. The molecule has 1 aromatic heterocycles. The second kappa shape index (κ2) is 5.49. The molecule has 0 aliphatic carbocycles. The van der Waals surface area contributed by atoms with E-state index in [1.54, 1.807) is 18.2 Å². The fourth-order valence-corrected chi connectivity index (χ4v) is 1.75. The SMILES string of the molecule is CNCCc1nnc(-c2cccc(Cl)c2Cl)o1. The summed E-state index contributed by atoms with van der Waals surface area (Å²) in [5.74, 6) is 0.967. The molecule has 0 spiro atoms. The first-order chi connectivity index (χ1) is 8.22. The molecular weight excluding hydrogens is 261 g/mol. The van der Waals surface area contributed by atoms with E-state index in [4.69, 9.17) is 27.6 Å². The van der Waals surface area contributed by atoms with Gasteiger partial charge in [-0.25, -0.2) is 0 Å². The van der Waals surface area contributed by atoms with Gasteiger partial charge in [0.1, 0.15) is 0 Å². The van der Waals surface area contributed by atoms with E-state index >= 15 is 0 Å². The first-order valence-electron chi connectivity index (χ1n) is 5.13. The Kier molecular flexibility index (Phi) is 3.99. The minimum absolute atomic E-state index is 0.392. The molecule has 2 aromatic rings. The Balaban J connectivity index is 2.27. The fourth-order valence-electron chi connectivity index (χ4n) is 1.36. The van der Waals surface area contributed by atoms with Crippen molar-refractivity contribution in [3.05, 3.63) is 34.1 Å². The van der Waals surface area contributed by atoms with E-state index in [9.17, 15) is 0 Å². The molecule has 17 heavy (non-hydrogen) atoms. The highest BCUT2D eigenvalue weighted by Crippen LogP contribution is 2.32. The standard InChI is InChI=1S/C11H11Cl2N3O/c1-14-6-5-9-15-16-11(17-9)7-3-2-4-8(12)10(7)13/h2-4,14H,5-6H2,1H3. The van der Waals surface area contributed by atoms with Crippen molar-refractivity contribution in [3.63, 3.8) is 0 Å². The van der Waals surface area contributed by atoms with Crippen LogP contribution >= 0.6 is 23.2 Å². The largest absolute Gasteiger partial charge is 0.421 e. The highest BCUT2D eigenvalue weighted by Gasteiger charge is 2.13. The second-order valence-corrected chi connectivity index (χ2v) is 4.24. The van der Waals surface area contributed by atoms with Crippen molar-refractivity contribution in [2.45, 2.75) is 6.42 Å². The average molecular weight is 272 g/mol. The molecule has 0 saturated heterocycles. The first-order valence-corrected chi connectivity index (χ1v) is 5.89. The highest BCUT2D eigenvalue weighted by atomic mass is 35.5. The van der Waals surface area contributed by atoms with E-state index in [0.29, 0.717) is 33.8 Å². The molecule has 0 bridgehead atoms. The number of hydrogen-bond donors (Lipinski definition) is 1. The summed E-state index contributed by atoms with van der Waals surface area (Å²) in [6.07, 6.45) is 0.682. The van der Waals surface area contributed by atoms with E-state index in [0.717, 1.165) is 6.54 Å². The third kappa shape index (κ3) is 2.77. The number of nitrogens with one attached hydrogen (secondary N) is 1. The van der Waals surface area contributed by atoms with Crippen molar-refractivity contribution in [3.8, 4) is 11.5 Å². The molecule has 4 nitrogen and oxygen atoms in total. The van der Waals surface area contributed by atoms with E-state index in [-0.39, 0.29) is 0 Å². The van der Waals surface area contributed by atoms with Gasteiger partial charge in [-0.3, -0.25) is 0 Å². The molecule has 90 valence electrons. The lowest BCUT2D eigenvalue weighted by Crippen LogP contribution is -2.10. The van der Waals surface area contributed by atoms with Gasteiger partial charge in [-0.05, 0) is 19.2 Å². The minimum Gasteiger partial charge on any atom is -0.421 e. The van der Waals surface area contributed by atoms with Crippen molar-refractivity contribution in [2.75, 3.05) is 13.6 Å². The Morgan fingerprint density at radius 2 is 2.12 bits per heavy atom. The summed E-state index contributed by atoms with van der Waals surface area (Å²) >= 11 is 12.0. The summed E-state index contributed by atoms with van der Waals surface area (Å²) in [5.41, 5.74) is 0.655. The Bertz CT molecular complexity index is 513. The van der Waals surface area contributed by atoms with Gasteiger partial charge in [0.15, 0.2) is 0 Å². The second-order valence-electron chi connectivity index (χ2n) is 3.46. The van der Waals surface area contributed by atoms with E-state index in [2.05, 4.69) is 15.5 Å². The summed E-state index contributed by atoms with van der Waals surface area (Å²) in [4.78, 5) is 0. The molecule has 6 heteroatoms. The summed E-state index contributed by atoms with van der Waals surface area (Å²) in [7, 11) is 1.87. The van der Waals surface area contributed by atoms with Gasteiger partial charge in [-0.2, -0.15) is 0 Å². The van der Waals surface area contributed by atoms with E-state index in [1.807, 2.05) is 7.05 Å². The zero-order valence-electron chi connectivity index (χ0n) is 9.20. The number of rotatable bonds is 4. The van der Waals surface area contributed by atoms with Crippen LogP contribution in [0.5, 0.6) is 0 Å². The van der Waals surface area contributed by atoms with E-state index < -0.39 is 0 Å². The highest BCUT2D eigenvalue weighted by molar-refractivity contribution is 6.43. The zero-order valence-corrected chi connectivity index (χ0v) is 10.7. The number of hydrogen-bond acceptors (Lipinski definition) is 4. The number of likely N-dealkylation sites (N-methyl/N-ethyl adjacent to an activating group) is 1. The Morgan fingerprint density at radius 3 is 2.88 bits per heavy atom. The smallest absolute Gasteiger partial charge is 0.249 e. The molecule has 2 rings (SSSR count). The van der Waals surface area contributed by atoms with Gasteiger partial charge in [0, 0.05) is 13.0 Å². The number of nitrogens with zero attached hydrogens (tertiary/aromatic N) is 2. The predicted molar refractivity (Wildman–Crippen MR) is 67.4 cm³/mol. The van der Waals surface area contributed by atoms with Crippen LogP contribution in [0.1, 0.15) is 5.89 Å². The normalized spacial score (nSPS) is 10.8. The van der Waals surface area contributed by atoms with Crippen LogP contribution in [0.15, 0.2) is 22.6 Å². The molecule has 1 heterocycles. The lowest BCUT2D eigenvalue weighted by molar-refractivity contribution is 0.500. The molecule has 0 saturated carbocycles. The molecule has 1 aromatic carbocycles. The van der Waals surface area contributed by atoms with Crippen molar-refractivity contribution < 1.29 is 4.42 Å². The van der Waals surface area contributed by atoms with Crippen LogP contribution < -0.4 is 5.32 Å². The van der Waals surface area contributed by atoms with Gasteiger partial charge >= 0.3 is 0 Å². The van der Waals surface area contributed by atoms with Crippen LogP contribution in [0, 0.1) is 0 Å². The van der Waals surface area contributed by atoms with Gasteiger partial charge in [-0.15, -0.1) is 10.2 Å². The van der Waals surface area contributed by atoms with Crippen molar-refractivity contribution >= 4 is 23.2 Å². The molecule has 0 aliphatic rings. The molecular formula is C11H11Cl2N3O. The van der Waals surface area contributed by atoms with Gasteiger partial charge in [0.05, 0.1) is 15.6 Å². The molecule has 0 radical (unpaired) electrons. The topological polar surface area (TPSA) is 51.0 Å². The van der Waals surface area contributed by atoms with Crippen molar-refractivity contribution in [2.24, 2.45) is 0 Å². The summed E-state index contributed by atoms with van der Waals surface area (Å²) in [5, 5.41) is 11.8. The van der Waals surface area contributed by atoms with E-state index in [1.165, 1.54) is 0 Å². The summed E-state index contributed by atoms with van der Waals surface area (Å²) in [6, 6.07) is 5.30. The van der Waals surface area contributed by atoms with Gasteiger partial charge in [-0.1, -0.05) is 29.3 Å². The molecule has 0 atom stereocenters. The maximum Gasteiger partial charge on any atom is 0.249 e. The average Bonchev–Trinajstić information content (AvgIpc) is 2.78. The minimum atomic E-state index is 0.392. The molecule has 0 amide bonds. The Morgan fingerprint density at radius 1 is 1.29 bits per heavy atom. The zero-order chi connectivity index (χ0) is 12.3. The third-order valence-corrected chi connectivity index (χ3v) is 3.06. The number of benzene rings is 1. The molecule has 0 fully saturated rings. The van der Waals surface area contributed by atoms with Crippen LogP contribution in [-0.4, -0.2) is 23.8 Å². The maximum atomic E-state index is 6.07. The quantitative estimate of drug-likeness (QED) is 0.929. The van der Waals surface area contributed by atoms with Crippen LogP contribution in [0.4, 0.5) is 0 Å². The molecule has 1 N–H and O–H groups in total. The van der Waals surface area contributed by atoms with Crippen LogP contribution in [0.3, 0.4) is 0 Å². The summed E-state index contributed by atoms with van der Waals surface area (Å²) in [6.45, 7) is 0.783. The van der Waals surface area contributed by atoms with Gasteiger partial charge in [0.25, 0.3) is 0 Å². The first kappa shape index (κ1) is 12.4. The summed E-state index contributed by atoms with van der Waals surface area (Å²) < 4.78 is 5.50. The van der Waals surface area contributed by atoms with Gasteiger partial charge in [0.2, 0.25) is 11.8 Å².